The Balaban J connectivity index is 1.87. The molecule has 0 unspecified atom stereocenters. The van der Waals surface area contributed by atoms with E-state index in [0.29, 0.717) is 0 Å². The van der Waals surface area contributed by atoms with Gasteiger partial charge in [0.25, 0.3) is 0 Å². The van der Waals surface area contributed by atoms with Crippen LogP contribution >= 0.6 is 0 Å². The first-order valence-corrected chi connectivity index (χ1v) is 9.69. The smallest absolute Gasteiger partial charge is 0.228 e. The Labute approximate surface area is 163 Å². The van der Waals surface area contributed by atoms with E-state index in [9.17, 15) is 0 Å². The largest absolute Gasteiger partial charge is 0.455 e. The van der Waals surface area contributed by atoms with Gasteiger partial charge in [-0.05, 0) is 52.4 Å². The third kappa shape index (κ3) is 1.85. The summed E-state index contributed by atoms with van der Waals surface area (Å²) in [6.07, 6.45) is 2.15. The van der Waals surface area contributed by atoms with Crippen molar-refractivity contribution in [3.63, 3.8) is 0 Å². The van der Waals surface area contributed by atoms with E-state index in [0.717, 1.165) is 11.5 Å². The highest BCUT2D eigenvalue weighted by Gasteiger charge is 2.31. The summed E-state index contributed by atoms with van der Waals surface area (Å²) in [5.41, 5.74) is 4.94. The van der Waals surface area contributed by atoms with E-state index >= 15 is 0 Å². The summed E-state index contributed by atoms with van der Waals surface area (Å²) in [5.74, 6) is 1.93. The molecule has 0 N–H and O–H groups in total. The predicted molar refractivity (Wildman–Crippen MR) is 115 cm³/mol. The quantitative estimate of drug-likeness (QED) is 0.226. The Morgan fingerprint density at radius 1 is 0.714 bits per heavy atom. The third-order valence-electron chi connectivity index (χ3n) is 6.23. The summed E-state index contributed by atoms with van der Waals surface area (Å²) >= 11 is 0. The van der Waals surface area contributed by atoms with Crippen LogP contribution < -0.4 is 9.30 Å². The fourth-order valence-electron chi connectivity index (χ4n) is 4.89. The maximum Gasteiger partial charge on any atom is 0.228 e. The Bertz CT molecular complexity index is 1460. The molecule has 1 aliphatic heterocycles. The van der Waals surface area contributed by atoms with E-state index in [2.05, 4.69) is 92.3 Å². The molecule has 0 bridgehead atoms. The fourth-order valence-corrected chi connectivity index (χ4v) is 4.89. The molecule has 1 aliphatic rings. The van der Waals surface area contributed by atoms with Crippen molar-refractivity contribution in [1.29, 1.82) is 0 Å². The summed E-state index contributed by atoms with van der Waals surface area (Å²) in [4.78, 5) is 0. The minimum absolute atomic E-state index is 0.943. The summed E-state index contributed by atoms with van der Waals surface area (Å²) in [6.45, 7) is 4.42. The molecule has 0 atom stereocenters. The third-order valence-corrected chi connectivity index (χ3v) is 6.23. The molecule has 0 saturated carbocycles. The molecule has 2 nitrogen and oxygen atoms in total. The average Bonchev–Trinajstić information content (AvgIpc) is 2.73. The van der Waals surface area contributed by atoms with Crippen LogP contribution in [0, 0.1) is 13.8 Å². The Morgan fingerprint density at radius 2 is 1.54 bits per heavy atom. The first kappa shape index (κ1) is 15.6. The van der Waals surface area contributed by atoms with Crippen LogP contribution in [0.5, 0.6) is 11.5 Å². The number of aromatic nitrogens is 1. The maximum atomic E-state index is 6.56. The molecule has 5 aromatic rings. The Morgan fingerprint density at radius 3 is 2.43 bits per heavy atom. The van der Waals surface area contributed by atoms with Crippen molar-refractivity contribution in [2.24, 2.45) is 7.05 Å². The predicted octanol–water partition coefficient (Wildman–Crippen LogP) is 6.36. The van der Waals surface area contributed by atoms with E-state index < -0.39 is 0 Å². The molecule has 28 heavy (non-hydrogen) atoms. The van der Waals surface area contributed by atoms with Crippen LogP contribution in [-0.4, -0.2) is 0 Å². The molecular weight excluding hydrogens is 342 g/mol. The van der Waals surface area contributed by atoms with Crippen molar-refractivity contribution >= 4 is 32.3 Å². The van der Waals surface area contributed by atoms with Gasteiger partial charge in [0.15, 0.2) is 6.20 Å². The number of rotatable bonds is 0. The van der Waals surface area contributed by atoms with Crippen molar-refractivity contribution in [2.45, 2.75) is 13.8 Å². The molecule has 0 spiro atoms. The van der Waals surface area contributed by atoms with Crippen molar-refractivity contribution in [3.05, 3.63) is 78.0 Å². The zero-order valence-electron chi connectivity index (χ0n) is 16.2. The van der Waals surface area contributed by atoms with Crippen molar-refractivity contribution < 1.29 is 9.30 Å². The fraction of sp³-hybridized carbons (Fsp3) is 0.115. The van der Waals surface area contributed by atoms with Crippen molar-refractivity contribution in [1.82, 2.24) is 0 Å². The topological polar surface area (TPSA) is 13.1 Å². The molecule has 1 aromatic heterocycles. The van der Waals surface area contributed by atoms with Gasteiger partial charge in [0.05, 0.1) is 10.9 Å². The molecule has 0 aliphatic carbocycles. The van der Waals surface area contributed by atoms with Crippen LogP contribution in [0.3, 0.4) is 0 Å². The lowest BCUT2D eigenvalue weighted by molar-refractivity contribution is -0.659. The van der Waals surface area contributed by atoms with Crippen LogP contribution in [0.2, 0.25) is 0 Å². The van der Waals surface area contributed by atoms with Gasteiger partial charge in [-0.1, -0.05) is 48.5 Å². The second-order valence-corrected chi connectivity index (χ2v) is 7.76. The number of hydrogen-bond acceptors (Lipinski definition) is 1. The minimum atomic E-state index is 0.943. The summed E-state index contributed by atoms with van der Waals surface area (Å²) in [7, 11) is 2.13. The van der Waals surface area contributed by atoms with Gasteiger partial charge < -0.3 is 4.74 Å². The monoisotopic (exact) mass is 362 g/mol. The first-order chi connectivity index (χ1) is 13.6. The number of aryl methyl sites for hydroxylation is 3. The van der Waals surface area contributed by atoms with Gasteiger partial charge in [-0.25, -0.2) is 4.57 Å². The van der Waals surface area contributed by atoms with Crippen molar-refractivity contribution in [3.8, 4) is 22.8 Å². The number of pyridine rings is 1. The van der Waals surface area contributed by atoms with Gasteiger partial charge in [-0.15, -0.1) is 0 Å². The van der Waals surface area contributed by atoms with Crippen molar-refractivity contribution in [2.75, 3.05) is 0 Å². The molecule has 0 amide bonds. The van der Waals surface area contributed by atoms with E-state index in [4.69, 9.17) is 4.74 Å². The van der Waals surface area contributed by atoms with E-state index in [1.165, 1.54) is 54.7 Å². The molecule has 0 radical (unpaired) electrons. The zero-order valence-corrected chi connectivity index (χ0v) is 16.2. The summed E-state index contributed by atoms with van der Waals surface area (Å²) in [6, 6.07) is 21.6. The van der Waals surface area contributed by atoms with Crippen LogP contribution in [-0.2, 0) is 7.05 Å². The summed E-state index contributed by atoms with van der Waals surface area (Å²) in [5, 5.41) is 7.56. The number of hydrogen-bond donors (Lipinski definition) is 0. The number of fused-ring (bicyclic) bond motifs is 5. The number of nitrogens with zero attached hydrogens (tertiary/aromatic N) is 1. The SMILES string of the molecule is Cc1c2c(c(C)c3c1ccc1ccccc13)Oc1cccc3cc[n+](C)c-2c13. The van der Waals surface area contributed by atoms with Gasteiger partial charge in [-0.2, -0.15) is 0 Å². The lowest BCUT2D eigenvalue weighted by atomic mass is 9.87. The second kappa shape index (κ2) is 5.32. The van der Waals surface area contributed by atoms with Crippen LogP contribution in [0.4, 0.5) is 0 Å². The molecule has 6 rings (SSSR count). The lowest BCUT2D eigenvalue weighted by Crippen LogP contribution is -2.31. The Hall–Kier alpha value is -3.39. The van der Waals surface area contributed by atoms with E-state index in [1.54, 1.807) is 0 Å². The Kier molecular flexibility index (Phi) is 2.98. The highest BCUT2D eigenvalue weighted by Crippen LogP contribution is 2.50. The lowest BCUT2D eigenvalue weighted by Gasteiger charge is -2.24. The highest BCUT2D eigenvalue weighted by molar-refractivity contribution is 6.14. The standard InChI is InChI=1S/C26H20NO/c1-15-19-12-11-17-7-4-5-9-20(17)22(19)16(2)26-23(15)25-24-18(13-14-27(25)3)8-6-10-21(24)28-26/h4-14H,1-3H3/q+1. The average molecular weight is 362 g/mol. The van der Waals surface area contributed by atoms with Gasteiger partial charge in [0.2, 0.25) is 5.69 Å². The molecule has 0 fully saturated rings. The molecule has 2 heteroatoms. The van der Waals surface area contributed by atoms with Crippen LogP contribution in [0.25, 0.3) is 43.6 Å². The van der Waals surface area contributed by atoms with Gasteiger partial charge >= 0.3 is 0 Å². The van der Waals surface area contributed by atoms with E-state index in [1.807, 2.05) is 0 Å². The van der Waals surface area contributed by atoms with Gasteiger partial charge in [0.1, 0.15) is 18.5 Å². The minimum Gasteiger partial charge on any atom is -0.455 e. The second-order valence-electron chi connectivity index (χ2n) is 7.76. The molecule has 4 aromatic carbocycles. The molecule has 0 saturated heterocycles. The molecular formula is C26H20NO+. The normalized spacial score (nSPS) is 12.4. The summed E-state index contributed by atoms with van der Waals surface area (Å²) < 4.78 is 8.79. The number of benzene rings is 4. The van der Waals surface area contributed by atoms with Gasteiger partial charge in [0, 0.05) is 11.6 Å². The first-order valence-electron chi connectivity index (χ1n) is 9.69. The van der Waals surface area contributed by atoms with E-state index in [-0.39, 0.29) is 0 Å². The highest BCUT2D eigenvalue weighted by atomic mass is 16.5. The molecule has 134 valence electrons. The van der Waals surface area contributed by atoms with Gasteiger partial charge in [-0.3, -0.25) is 0 Å². The van der Waals surface area contributed by atoms with Crippen LogP contribution in [0.1, 0.15) is 11.1 Å². The molecule has 2 heterocycles. The van der Waals surface area contributed by atoms with Crippen LogP contribution in [0.15, 0.2) is 66.9 Å². The number of ether oxygens (including phenoxy) is 1. The zero-order chi connectivity index (χ0) is 19.0. The maximum absolute atomic E-state index is 6.56.